The van der Waals surface area contributed by atoms with E-state index in [1.165, 1.54) is 5.57 Å². The van der Waals surface area contributed by atoms with E-state index in [0.717, 1.165) is 38.5 Å². The quantitative estimate of drug-likeness (QED) is 0.773. The van der Waals surface area contributed by atoms with E-state index >= 15 is 0 Å². The van der Waals surface area contributed by atoms with Crippen LogP contribution in [0.4, 0.5) is 0 Å². The first-order chi connectivity index (χ1) is 12.4. The number of fused-ring (bicyclic) bond motifs is 1. The van der Waals surface area contributed by atoms with E-state index in [1.807, 2.05) is 6.92 Å². The lowest BCUT2D eigenvalue weighted by molar-refractivity contribution is -0.252. The van der Waals surface area contributed by atoms with Crippen molar-refractivity contribution < 1.29 is 24.1 Å². The number of hydrogen-bond donors (Lipinski definition) is 1. The van der Waals surface area contributed by atoms with Crippen LogP contribution in [0.2, 0.25) is 0 Å². The molecule has 0 amide bonds. The number of aliphatic hydroxyl groups excluding tert-OH is 1. The van der Waals surface area contributed by atoms with Crippen LogP contribution in [0.15, 0.2) is 11.6 Å². The third-order valence-corrected chi connectivity index (χ3v) is 7.63. The monoisotopic (exact) mass is 366 g/mol. The maximum absolute atomic E-state index is 10.1. The molecule has 1 saturated carbocycles. The fraction of sp³-hybridized carbons (Fsp3) is 0.905. The summed E-state index contributed by atoms with van der Waals surface area (Å²) in [7, 11) is 0. The Hall–Kier alpha value is -0.460. The summed E-state index contributed by atoms with van der Waals surface area (Å²) in [5, 5.41) is 10.1. The Bertz CT molecular complexity index is 561. The predicted molar refractivity (Wildman–Crippen MR) is 97.5 cm³/mol. The normalized spacial score (nSPS) is 41.2. The Labute approximate surface area is 157 Å². The summed E-state index contributed by atoms with van der Waals surface area (Å²) in [6, 6.07) is 0. The second-order valence-electron chi connectivity index (χ2n) is 9.21. The molecule has 5 nitrogen and oxygen atoms in total. The molecule has 2 saturated heterocycles. The molecule has 3 atom stereocenters. The smallest absolute Gasteiger partial charge is 0.177 e. The van der Waals surface area contributed by atoms with Gasteiger partial charge in [0.15, 0.2) is 11.6 Å². The summed E-state index contributed by atoms with van der Waals surface area (Å²) < 4.78 is 24.3. The molecule has 148 valence electrons. The SMILES string of the molecule is CC1(CC[C@]2(C)C3=CCC[C@](C)(CO)[C@H]3CCC23OCCO3)OCCO1. The summed E-state index contributed by atoms with van der Waals surface area (Å²) in [5.41, 5.74) is 1.16. The highest BCUT2D eigenvalue weighted by molar-refractivity contribution is 5.29. The van der Waals surface area contributed by atoms with Gasteiger partial charge in [-0.15, -0.1) is 0 Å². The summed E-state index contributed by atoms with van der Waals surface area (Å²) in [5.74, 6) is -0.661. The lowest BCUT2D eigenvalue weighted by Gasteiger charge is -2.57. The van der Waals surface area contributed by atoms with Crippen LogP contribution in [0.5, 0.6) is 0 Å². The highest BCUT2D eigenvalue weighted by Gasteiger charge is 2.61. The maximum atomic E-state index is 10.1. The molecule has 5 heteroatoms. The fourth-order valence-corrected chi connectivity index (χ4v) is 5.81. The van der Waals surface area contributed by atoms with Gasteiger partial charge in [0.05, 0.1) is 26.4 Å². The van der Waals surface area contributed by atoms with Crippen molar-refractivity contribution in [3.63, 3.8) is 0 Å². The van der Waals surface area contributed by atoms with Crippen molar-refractivity contribution in [3.8, 4) is 0 Å². The van der Waals surface area contributed by atoms with Crippen LogP contribution in [-0.4, -0.2) is 49.7 Å². The summed E-state index contributed by atoms with van der Waals surface area (Å²) in [4.78, 5) is 0. The Balaban J connectivity index is 1.67. The van der Waals surface area contributed by atoms with E-state index in [9.17, 15) is 5.11 Å². The van der Waals surface area contributed by atoms with Crippen LogP contribution in [0.25, 0.3) is 0 Å². The largest absolute Gasteiger partial charge is 0.396 e. The number of ether oxygens (including phenoxy) is 4. The molecule has 3 fully saturated rings. The van der Waals surface area contributed by atoms with Crippen molar-refractivity contribution in [1.82, 2.24) is 0 Å². The van der Waals surface area contributed by atoms with Gasteiger partial charge in [0.2, 0.25) is 0 Å². The molecule has 2 aliphatic heterocycles. The van der Waals surface area contributed by atoms with Gasteiger partial charge in [-0.25, -0.2) is 0 Å². The van der Waals surface area contributed by atoms with E-state index in [4.69, 9.17) is 18.9 Å². The molecule has 1 spiro atoms. The van der Waals surface area contributed by atoms with Crippen molar-refractivity contribution in [3.05, 3.63) is 11.6 Å². The molecular weight excluding hydrogens is 332 g/mol. The molecule has 0 radical (unpaired) electrons. The first kappa shape index (κ1) is 18.9. The van der Waals surface area contributed by atoms with Gasteiger partial charge in [-0.3, -0.25) is 0 Å². The molecule has 4 rings (SSSR count). The molecular formula is C21H34O5. The van der Waals surface area contributed by atoms with Crippen LogP contribution < -0.4 is 0 Å². The second kappa shape index (κ2) is 6.56. The topological polar surface area (TPSA) is 57.2 Å². The third-order valence-electron chi connectivity index (χ3n) is 7.63. The zero-order chi connectivity index (χ0) is 18.5. The van der Waals surface area contributed by atoms with E-state index in [2.05, 4.69) is 19.9 Å². The zero-order valence-electron chi connectivity index (χ0n) is 16.5. The van der Waals surface area contributed by atoms with Crippen LogP contribution in [0.1, 0.15) is 59.3 Å². The highest BCUT2D eigenvalue weighted by Crippen LogP contribution is 2.62. The summed E-state index contributed by atoms with van der Waals surface area (Å²) >= 11 is 0. The molecule has 4 aliphatic rings. The van der Waals surface area contributed by atoms with E-state index in [1.54, 1.807) is 0 Å². The van der Waals surface area contributed by atoms with E-state index in [0.29, 0.717) is 32.3 Å². The lowest BCUT2D eigenvalue weighted by Crippen LogP contribution is -2.57. The molecule has 2 aliphatic carbocycles. The summed E-state index contributed by atoms with van der Waals surface area (Å²) in [6.45, 7) is 9.48. The average Bonchev–Trinajstić information content (AvgIpc) is 3.28. The van der Waals surface area contributed by atoms with Crippen molar-refractivity contribution in [2.24, 2.45) is 16.7 Å². The molecule has 0 aromatic rings. The number of hydrogen-bond acceptors (Lipinski definition) is 5. The Morgan fingerprint density at radius 1 is 0.962 bits per heavy atom. The minimum Gasteiger partial charge on any atom is -0.396 e. The fourth-order valence-electron chi connectivity index (χ4n) is 5.81. The molecule has 0 bridgehead atoms. The maximum Gasteiger partial charge on any atom is 0.177 e. The van der Waals surface area contributed by atoms with Crippen LogP contribution in [-0.2, 0) is 18.9 Å². The predicted octanol–water partition coefficient (Wildman–Crippen LogP) is 3.41. The Morgan fingerprint density at radius 3 is 2.27 bits per heavy atom. The minimum absolute atomic E-state index is 0.0458. The molecule has 1 N–H and O–H groups in total. The van der Waals surface area contributed by atoms with Crippen molar-refractivity contribution in [2.75, 3.05) is 33.0 Å². The zero-order valence-corrected chi connectivity index (χ0v) is 16.5. The van der Waals surface area contributed by atoms with Gasteiger partial charge in [-0.05, 0) is 43.9 Å². The van der Waals surface area contributed by atoms with Gasteiger partial charge in [0.25, 0.3) is 0 Å². The average molecular weight is 366 g/mol. The molecule has 0 aromatic heterocycles. The second-order valence-corrected chi connectivity index (χ2v) is 9.21. The number of rotatable bonds is 4. The molecule has 26 heavy (non-hydrogen) atoms. The molecule has 2 heterocycles. The lowest BCUT2D eigenvalue weighted by atomic mass is 9.52. The summed E-state index contributed by atoms with van der Waals surface area (Å²) in [6.07, 6.45) is 8.09. The van der Waals surface area contributed by atoms with Gasteiger partial charge in [-0.2, -0.15) is 0 Å². The first-order valence-corrected chi connectivity index (χ1v) is 10.2. The van der Waals surface area contributed by atoms with E-state index < -0.39 is 11.6 Å². The molecule has 0 unspecified atom stereocenters. The van der Waals surface area contributed by atoms with Crippen molar-refractivity contribution >= 4 is 0 Å². The Morgan fingerprint density at radius 2 is 1.62 bits per heavy atom. The number of aliphatic hydroxyl groups is 1. The van der Waals surface area contributed by atoms with Crippen molar-refractivity contribution in [2.45, 2.75) is 70.9 Å². The van der Waals surface area contributed by atoms with Gasteiger partial charge in [0, 0.05) is 24.9 Å². The van der Waals surface area contributed by atoms with Gasteiger partial charge in [-0.1, -0.05) is 25.5 Å². The van der Waals surface area contributed by atoms with Gasteiger partial charge < -0.3 is 24.1 Å². The van der Waals surface area contributed by atoms with Gasteiger partial charge >= 0.3 is 0 Å². The highest BCUT2D eigenvalue weighted by atomic mass is 16.7. The van der Waals surface area contributed by atoms with Crippen molar-refractivity contribution in [1.29, 1.82) is 0 Å². The first-order valence-electron chi connectivity index (χ1n) is 10.2. The van der Waals surface area contributed by atoms with E-state index in [-0.39, 0.29) is 17.4 Å². The minimum atomic E-state index is -0.544. The number of allylic oxidation sites excluding steroid dienone is 1. The standard InChI is InChI=1S/C21H34O5/c1-18(15-22)7-4-5-17-16(18)6-8-21(25-13-14-26-21)19(17,2)9-10-20(3)23-11-12-24-20/h5,16,22H,4,6-15H2,1-3H3/t16-,18+,19+/m0/s1. The van der Waals surface area contributed by atoms with Crippen LogP contribution in [0.3, 0.4) is 0 Å². The molecule has 0 aromatic carbocycles. The Kier molecular flexibility index (Phi) is 4.76. The third kappa shape index (κ3) is 2.78. The van der Waals surface area contributed by atoms with Crippen LogP contribution in [0, 0.1) is 16.7 Å². The van der Waals surface area contributed by atoms with Crippen LogP contribution >= 0.6 is 0 Å². The van der Waals surface area contributed by atoms with Gasteiger partial charge in [0.1, 0.15) is 0 Å².